The van der Waals surface area contributed by atoms with Gasteiger partial charge in [0.05, 0.1) is 18.8 Å². The molecular formula is C20H25NO3. The van der Waals surface area contributed by atoms with Crippen molar-refractivity contribution in [1.82, 2.24) is 5.32 Å². The standard InChI is InChI=1S/C20H25NO3/c1-15(21-14-19(22)17-6-4-3-5-7-17)8-9-16-10-12-18(13-11-16)20(23)24-2/h3-7,10-13,15,19,21-22H,8-9,14H2,1-2H3/t15-,19-/m0/s1. The number of rotatable bonds is 8. The molecule has 0 amide bonds. The summed E-state index contributed by atoms with van der Waals surface area (Å²) >= 11 is 0. The minimum atomic E-state index is -0.493. The molecule has 0 heterocycles. The van der Waals surface area contributed by atoms with Gasteiger partial charge < -0.3 is 15.2 Å². The Bertz CT molecular complexity index is 625. The molecule has 0 fully saturated rings. The lowest BCUT2D eigenvalue weighted by Crippen LogP contribution is -2.30. The van der Waals surface area contributed by atoms with Crippen molar-refractivity contribution >= 4 is 5.97 Å². The van der Waals surface area contributed by atoms with Gasteiger partial charge in [-0.15, -0.1) is 0 Å². The van der Waals surface area contributed by atoms with Crippen LogP contribution in [0.15, 0.2) is 54.6 Å². The molecule has 4 heteroatoms. The summed E-state index contributed by atoms with van der Waals surface area (Å²) in [6.07, 6.45) is 1.38. The van der Waals surface area contributed by atoms with Crippen LogP contribution in [0.4, 0.5) is 0 Å². The second-order valence-corrected chi connectivity index (χ2v) is 5.96. The number of aliphatic hydroxyl groups is 1. The van der Waals surface area contributed by atoms with Gasteiger partial charge >= 0.3 is 5.97 Å². The Hall–Kier alpha value is -2.17. The van der Waals surface area contributed by atoms with Gasteiger partial charge in [0, 0.05) is 12.6 Å². The summed E-state index contributed by atoms with van der Waals surface area (Å²) in [6, 6.07) is 17.5. The molecule has 0 aromatic heterocycles. The molecule has 0 radical (unpaired) electrons. The number of carbonyl (C=O) groups is 1. The van der Waals surface area contributed by atoms with Gasteiger partial charge in [0.1, 0.15) is 0 Å². The molecule has 0 saturated carbocycles. The number of carbonyl (C=O) groups excluding carboxylic acids is 1. The molecule has 0 saturated heterocycles. The third kappa shape index (κ3) is 5.48. The number of esters is 1. The molecule has 4 nitrogen and oxygen atoms in total. The van der Waals surface area contributed by atoms with Gasteiger partial charge in [-0.25, -0.2) is 4.79 Å². The zero-order chi connectivity index (χ0) is 17.4. The van der Waals surface area contributed by atoms with Gasteiger partial charge in [0.2, 0.25) is 0 Å². The fourth-order valence-corrected chi connectivity index (χ4v) is 2.52. The van der Waals surface area contributed by atoms with E-state index >= 15 is 0 Å². The quantitative estimate of drug-likeness (QED) is 0.732. The maximum absolute atomic E-state index is 11.4. The minimum absolute atomic E-state index is 0.295. The molecule has 0 bridgehead atoms. The maximum atomic E-state index is 11.4. The fourth-order valence-electron chi connectivity index (χ4n) is 2.52. The summed E-state index contributed by atoms with van der Waals surface area (Å²) < 4.78 is 4.69. The van der Waals surface area contributed by atoms with Crippen molar-refractivity contribution in [1.29, 1.82) is 0 Å². The molecule has 0 spiro atoms. The topological polar surface area (TPSA) is 58.6 Å². The Morgan fingerprint density at radius 1 is 1.12 bits per heavy atom. The van der Waals surface area contributed by atoms with Crippen LogP contribution < -0.4 is 5.32 Å². The van der Waals surface area contributed by atoms with Crippen molar-refractivity contribution in [2.75, 3.05) is 13.7 Å². The van der Waals surface area contributed by atoms with E-state index in [9.17, 15) is 9.90 Å². The monoisotopic (exact) mass is 327 g/mol. The number of ether oxygens (including phenoxy) is 1. The van der Waals surface area contributed by atoms with Crippen LogP contribution in [0, 0.1) is 0 Å². The Kier molecular flexibility index (Phi) is 6.97. The highest BCUT2D eigenvalue weighted by Crippen LogP contribution is 2.12. The molecule has 2 aromatic rings. The van der Waals surface area contributed by atoms with Crippen LogP contribution in [-0.2, 0) is 11.2 Å². The summed E-state index contributed by atoms with van der Waals surface area (Å²) in [7, 11) is 1.38. The summed E-state index contributed by atoms with van der Waals surface area (Å²) in [5.41, 5.74) is 2.67. The largest absolute Gasteiger partial charge is 0.465 e. The average molecular weight is 327 g/mol. The first-order valence-electron chi connectivity index (χ1n) is 8.24. The second kappa shape index (κ2) is 9.21. The molecule has 0 unspecified atom stereocenters. The molecule has 2 rings (SSSR count). The molecule has 0 aliphatic rings. The summed E-state index contributed by atoms with van der Waals surface area (Å²) in [5, 5.41) is 13.5. The second-order valence-electron chi connectivity index (χ2n) is 5.96. The molecule has 24 heavy (non-hydrogen) atoms. The number of hydrogen-bond donors (Lipinski definition) is 2. The number of benzene rings is 2. The van der Waals surface area contributed by atoms with E-state index in [4.69, 9.17) is 4.74 Å². The van der Waals surface area contributed by atoms with Gasteiger partial charge in [-0.05, 0) is 43.0 Å². The number of nitrogens with one attached hydrogen (secondary N) is 1. The SMILES string of the molecule is COC(=O)c1ccc(CC[C@H](C)NC[C@H](O)c2ccccc2)cc1. The van der Waals surface area contributed by atoms with Gasteiger partial charge in [0.25, 0.3) is 0 Å². The predicted octanol–water partition coefficient (Wildman–Crippen LogP) is 3.12. The number of aliphatic hydroxyl groups excluding tert-OH is 1. The zero-order valence-corrected chi connectivity index (χ0v) is 14.2. The van der Waals surface area contributed by atoms with E-state index in [-0.39, 0.29) is 5.97 Å². The first-order valence-corrected chi connectivity index (χ1v) is 8.24. The third-order valence-corrected chi connectivity index (χ3v) is 4.09. The number of aryl methyl sites for hydroxylation is 1. The summed E-state index contributed by atoms with van der Waals surface area (Å²) in [6.45, 7) is 2.65. The van der Waals surface area contributed by atoms with E-state index in [1.54, 1.807) is 12.1 Å². The van der Waals surface area contributed by atoms with Gasteiger partial charge in [-0.1, -0.05) is 42.5 Å². The third-order valence-electron chi connectivity index (χ3n) is 4.09. The van der Waals surface area contributed by atoms with E-state index < -0.39 is 6.10 Å². The molecule has 0 aliphatic carbocycles. The number of methoxy groups -OCH3 is 1. The van der Waals surface area contributed by atoms with Crippen LogP contribution in [0.25, 0.3) is 0 Å². The van der Waals surface area contributed by atoms with Gasteiger partial charge in [0.15, 0.2) is 0 Å². The molecule has 128 valence electrons. The summed E-state index contributed by atoms with van der Waals surface area (Å²) in [5.74, 6) is -0.313. The van der Waals surface area contributed by atoms with E-state index in [1.807, 2.05) is 42.5 Å². The molecule has 2 aromatic carbocycles. The van der Waals surface area contributed by atoms with Crippen molar-refractivity contribution in [3.8, 4) is 0 Å². The highest BCUT2D eigenvalue weighted by Gasteiger charge is 2.09. The highest BCUT2D eigenvalue weighted by atomic mass is 16.5. The van der Waals surface area contributed by atoms with Crippen molar-refractivity contribution in [2.45, 2.75) is 31.9 Å². The average Bonchev–Trinajstić information content (AvgIpc) is 2.64. The maximum Gasteiger partial charge on any atom is 0.337 e. The first-order chi connectivity index (χ1) is 11.6. The Morgan fingerprint density at radius 2 is 1.79 bits per heavy atom. The van der Waals surface area contributed by atoms with Gasteiger partial charge in [-0.3, -0.25) is 0 Å². The summed E-state index contributed by atoms with van der Waals surface area (Å²) in [4.78, 5) is 11.4. The predicted molar refractivity (Wildman–Crippen MR) is 95.0 cm³/mol. The van der Waals surface area contributed by atoms with Crippen molar-refractivity contribution < 1.29 is 14.6 Å². The van der Waals surface area contributed by atoms with E-state index in [0.717, 1.165) is 18.4 Å². The van der Waals surface area contributed by atoms with Crippen molar-refractivity contribution in [3.05, 3.63) is 71.3 Å². The van der Waals surface area contributed by atoms with Crippen LogP contribution in [-0.4, -0.2) is 30.8 Å². The Labute approximate surface area is 143 Å². The molecular weight excluding hydrogens is 302 g/mol. The lowest BCUT2D eigenvalue weighted by molar-refractivity contribution is 0.0600. The van der Waals surface area contributed by atoms with Crippen LogP contribution in [0.2, 0.25) is 0 Å². The molecule has 2 atom stereocenters. The van der Waals surface area contributed by atoms with Crippen LogP contribution in [0.3, 0.4) is 0 Å². The molecule has 0 aliphatic heterocycles. The Balaban J connectivity index is 1.75. The van der Waals surface area contributed by atoms with Crippen LogP contribution in [0.5, 0.6) is 0 Å². The lowest BCUT2D eigenvalue weighted by atomic mass is 10.0. The van der Waals surface area contributed by atoms with Crippen molar-refractivity contribution in [2.24, 2.45) is 0 Å². The first kappa shape index (κ1) is 18.2. The van der Waals surface area contributed by atoms with Crippen LogP contribution in [0.1, 0.15) is 40.9 Å². The Morgan fingerprint density at radius 3 is 2.42 bits per heavy atom. The van der Waals surface area contributed by atoms with E-state index in [2.05, 4.69) is 12.2 Å². The highest BCUT2D eigenvalue weighted by molar-refractivity contribution is 5.89. The van der Waals surface area contributed by atoms with Crippen LogP contribution >= 0.6 is 0 Å². The smallest absolute Gasteiger partial charge is 0.337 e. The lowest BCUT2D eigenvalue weighted by Gasteiger charge is -2.17. The fraction of sp³-hybridized carbons (Fsp3) is 0.350. The normalized spacial score (nSPS) is 13.3. The zero-order valence-electron chi connectivity index (χ0n) is 14.2. The number of hydrogen-bond acceptors (Lipinski definition) is 4. The molecule has 2 N–H and O–H groups in total. The minimum Gasteiger partial charge on any atom is -0.465 e. The van der Waals surface area contributed by atoms with Gasteiger partial charge in [-0.2, -0.15) is 0 Å². The van der Waals surface area contributed by atoms with E-state index in [1.165, 1.54) is 12.7 Å². The van der Waals surface area contributed by atoms with Crippen molar-refractivity contribution in [3.63, 3.8) is 0 Å². The van der Waals surface area contributed by atoms with E-state index in [0.29, 0.717) is 18.2 Å².